The molecule has 0 fully saturated rings. The molecule has 4 aromatic rings. The van der Waals surface area contributed by atoms with Gasteiger partial charge < -0.3 is 4.74 Å². The van der Waals surface area contributed by atoms with Crippen LogP contribution in [0, 0.1) is 11.3 Å². The summed E-state index contributed by atoms with van der Waals surface area (Å²) in [6.45, 7) is 0. The maximum absolute atomic E-state index is 14.0. The predicted molar refractivity (Wildman–Crippen MR) is 140 cm³/mol. The number of nitrogens with zero attached hydrogens (tertiary/aromatic N) is 2. The van der Waals surface area contributed by atoms with Crippen molar-refractivity contribution in [1.29, 1.82) is 5.26 Å². The van der Waals surface area contributed by atoms with Crippen molar-refractivity contribution in [2.75, 3.05) is 18.3 Å². The number of anilines is 2. The van der Waals surface area contributed by atoms with Gasteiger partial charge >= 0.3 is 0 Å². The largest absolute Gasteiger partial charge is 0.496 e. The Labute approximate surface area is 206 Å². The molecule has 1 amide bonds. The minimum absolute atomic E-state index is 0.0388. The Kier molecular flexibility index (Phi) is 6.06. The number of hydrogen-bond donors (Lipinski definition) is 0. The van der Waals surface area contributed by atoms with Crippen molar-refractivity contribution in [2.24, 2.45) is 0 Å². The lowest BCUT2D eigenvalue weighted by molar-refractivity contribution is -0.114. The number of rotatable bonds is 4. The molecule has 0 saturated heterocycles. The summed E-state index contributed by atoms with van der Waals surface area (Å²) >= 11 is 3.24. The number of nitriles is 1. The molecule has 1 aliphatic rings. The number of fused-ring (bicyclic) bond motifs is 3. The number of thioether (sulfide) groups is 1. The third-order valence-electron chi connectivity index (χ3n) is 5.73. The van der Waals surface area contributed by atoms with Crippen molar-refractivity contribution in [3.05, 3.63) is 90.0 Å². The quantitative estimate of drug-likeness (QED) is 0.174. The molecule has 5 rings (SSSR count). The van der Waals surface area contributed by atoms with E-state index in [2.05, 4.69) is 12.1 Å². The lowest BCUT2D eigenvalue weighted by Crippen LogP contribution is -2.29. The zero-order valence-corrected chi connectivity index (χ0v) is 20.2. The monoisotopic (exact) mass is 480 g/mol. The maximum Gasteiger partial charge on any atom is 0.273 e. The first-order valence-corrected chi connectivity index (χ1v) is 12.7. The minimum atomic E-state index is -0.371. The number of amides is 1. The third-order valence-corrected chi connectivity index (χ3v) is 7.58. The van der Waals surface area contributed by atoms with Crippen LogP contribution in [0.2, 0.25) is 0 Å². The van der Waals surface area contributed by atoms with Crippen LogP contribution in [0.1, 0.15) is 5.56 Å². The molecule has 166 valence electrons. The standard InChI is InChI=1S/C28H20N2O2S2/c1-32-25-13-11-18-7-3-4-8-21(18)22(25)15-19(17-29)28(31)30-23-9-5-6-10-26(23)34-27-14-12-20(33-2)16-24(27)30/h3-16H,1-2H3/b19-15+. The van der Waals surface area contributed by atoms with Gasteiger partial charge in [-0.1, -0.05) is 54.2 Å². The van der Waals surface area contributed by atoms with Gasteiger partial charge in [-0.25, -0.2) is 0 Å². The lowest BCUT2D eigenvalue weighted by atomic mass is 10.0. The van der Waals surface area contributed by atoms with Gasteiger partial charge in [-0.3, -0.25) is 9.69 Å². The first-order chi connectivity index (χ1) is 16.6. The number of methoxy groups -OCH3 is 1. The molecule has 0 spiro atoms. The summed E-state index contributed by atoms with van der Waals surface area (Å²) in [6, 6.07) is 27.7. The summed E-state index contributed by atoms with van der Waals surface area (Å²) in [7, 11) is 1.59. The maximum atomic E-state index is 14.0. The van der Waals surface area contributed by atoms with E-state index in [1.807, 2.05) is 79.1 Å². The third kappa shape index (κ3) is 3.83. The molecule has 0 atom stereocenters. The summed E-state index contributed by atoms with van der Waals surface area (Å²) in [5.74, 6) is 0.239. The molecule has 0 bridgehead atoms. The summed E-state index contributed by atoms with van der Waals surface area (Å²) in [5.41, 5.74) is 2.31. The molecule has 0 aliphatic carbocycles. The van der Waals surface area contributed by atoms with Gasteiger partial charge in [0.25, 0.3) is 5.91 Å². The normalized spacial score (nSPS) is 12.6. The number of hydrogen-bond acceptors (Lipinski definition) is 5. The van der Waals surface area contributed by atoms with Crippen molar-refractivity contribution in [3.63, 3.8) is 0 Å². The fourth-order valence-corrected chi connectivity index (χ4v) is 5.56. The smallest absolute Gasteiger partial charge is 0.273 e. The van der Waals surface area contributed by atoms with Gasteiger partial charge in [-0.15, -0.1) is 11.8 Å². The highest BCUT2D eigenvalue weighted by Crippen LogP contribution is 2.49. The van der Waals surface area contributed by atoms with Gasteiger partial charge in [0.1, 0.15) is 17.4 Å². The number of carbonyl (C=O) groups is 1. The van der Waals surface area contributed by atoms with E-state index in [0.29, 0.717) is 11.3 Å². The van der Waals surface area contributed by atoms with Crippen molar-refractivity contribution in [1.82, 2.24) is 0 Å². The molecule has 6 heteroatoms. The van der Waals surface area contributed by atoms with E-state index in [4.69, 9.17) is 4.74 Å². The van der Waals surface area contributed by atoms with E-state index >= 15 is 0 Å². The van der Waals surface area contributed by atoms with Gasteiger partial charge in [0, 0.05) is 20.2 Å². The molecular weight excluding hydrogens is 460 g/mol. The van der Waals surface area contributed by atoms with E-state index in [-0.39, 0.29) is 11.5 Å². The van der Waals surface area contributed by atoms with Crippen LogP contribution in [0.15, 0.2) is 99.1 Å². The minimum Gasteiger partial charge on any atom is -0.496 e. The van der Waals surface area contributed by atoms with Gasteiger partial charge in [0.2, 0.25) is 0 Å². The van der Waals surface area contributed by atoms with E-state index in [9.17, 15) is 10.1 Å². The summed E-state index contributed by atoms with van der Waals surface area (Å²) in [6.07, 6.45) is 3.65. The highest BCUT2D eigenvalue weighted by Gasteiger charge is 2.30. The SMILES string of the molecule is COc1ccc2ccccc2c1/C=C(\C#N)C(=O)N1c2ccccc2Sc2ccc(SC)cc21. The molecule has 0 N–H and O–H groups in total. The van der Waals surface area contributed by atoms with E-state index in [0.717, 1.165) is 36.8 Å². The first-order valence-electron chi connectivity index (χ1n) is 10.6. The Morgan fingerprint density at radius 2 is 1.76 bits per heavy atom. The first kappa shape index (κ1) is 22.1. The van der Waals surface area contributed by atoms with E-state index in [1.54, 1.807) is 41.6 Å². The van der Waals surface area contributed by atoms with Crippen molar-refractivity contribution < 1.29 is 9.53 Å². The van der Waals surface area contributed by atoms with Crippen molar-refractivity contribution in [3.8, 4) is 11.8 Å². The zero-order valence-electron chi connectivity index (χ0n) is 18.6. The van der Waals surface area contributed by atoms with Crippen LogP contribution in [-0.4, -0.2) is 19.3 Å². The Balaban J connectivity index is 1.69. The van der Waals surface area contributed by atoms with Gasteiger partial charge in [-0.2, -0.15) is 5.26 Å². The molecule has 0 unspecified atom stereocenters. The summed E-state index contributed by atoms with van der Waals surface area (Å²) in [4.78, 5) is 18.6. The van der Waals surface area contributed by atoms with Crippen molar-refractivity contribution >= 4 is 57.7 Å². The van der Waals surface area contributed by atoms with Gasteiger partial charge in [-0.05, 0) is 59.5 Å². The average molecular weight is 481 g/mol. The summed E-state index contributed by atoms with van der Waals surface area (Å²) < 4.78 is 5.58. The second kappa shape index (κ2) is 9.30. The topological polar surface area (TPSA) is 53.3 Å². The molecule has 0 radical (unpaired) electrons. The zero-order chi connectivity index (χ0) is 23.7. The molecule has 0 saturated carbocycles. The second-order valence-corrected chi connectivity index (χ2v) is 9.58. The Bertz CT molecular complexity index is 1500. The molecule has 1 aliphatic heterocycles. The Morgan fingerprint density at radius 3 is 2.56 bits per heavy atom. The fourth-order valence-electron chi connectivity index (χ4n) is 4.09. The van der Waals surface area contributed by atoms with Crippen LogP contribution in [0.3, 0.4) is 0 Å². The highest BCUT2D eigenvalue weighted by atomic mass is 32.2. The second-order valence-electron chi connectivity index (χ2n) is 7.62. The van der Waals surface area contributed by atoms with Crippen molar-refractivity contribution in [2.45, 2.75) is 14.7 Å². The Morgan fingerprint density at radius 1 is 1.00 bits per heavy atom. The molecule has 0 aromatic heterocycles. The van der Waals surface area contributed by atoms with Gasteiger partial charge in [0.15, 0.2) is 0 Å². The molecule has 1 heterocycles. The lowest BCUT2D eigenvalue weighted by Gasteiger charge is -2.31. The molecule has 34 heavy (non-hydrogen) atoms. The van der Waals surface area contributed by atoms with Gasteiger partial charge in [0.05, 0.1) is 18.5 Å². The predicted octanol–water partition coefficient (Wildman–Crippen LogP) is 7.31. The molecular formula is C28H20N2O2S2. The highest BCUT2D eigenvalue weighted by molar-refractivity contribution is 8.00. The molecule has 4 aromatic carbocycles. The van der Waals surface area contributed by atoms with E-state index in [1.165, 1.54) is 0 Å². The van der Waals surface area contributed by atoms with Crippen LogP contribution in [0.25, 0.3) is 16.8 Å². The van der Waals surface area contributed by atoms with E-state index < -0.39 is 0 Å². The number of benzene rings is 4. The van der Waals surface area contributed by atoms with Crippen LogP contribution >= 0.6 is 23.5 Å². The fraction of sp³-hybridized carbons (Fsp3) is 0.0714. The number of ether oxygens (including phenoxy) is 1. The average Bonchev–Trinajstić information content (AvgIpc) is 2.89. The van der Waals surface area contributed by atoms with Crippen LogP contribution < -0.4 is 9.64 Å². The van der Waals surface area contributed by atoms with Crippen LogP contribution in [0.4, 0.5) is 11.4 Å². The Hall–Kier alpha value is -3.66. The van der Waals surface area contributed by atoms with Crippen LogP contribution in [-0.2, 0) is 4.79 Å². The molecule has 4 nitrogen and oxygen atoms in total. The number of carbonyl (C=O) groups excluding carboxylic acids is 1. The number of para-hydroxylation sites is 1. The van der Waals surface area contributed by atoms with Crippen LogP contribution in [0.5, 0.6) is 5.75 Å². The summed E-state index contributed by atoms with van der Waals surface area (Å²) in [5, 5.41) is 12.0.